The van der Waals surface area contributed by atoms with Gasteiger partial charge >= 0.3 is 0 Å². The smallest absolute Gasteiger partial charge is 0.268 e. The predicted octanol–water partition coefficient (Wildman–Crippen LogP) is 2.47. The molecule has 7 heteroatoms. The Morgan fingerprint density at radius 2 is 1.81 bits per heavy atom. The molecule has 0 unspecified atom stereocenters. The van der Waals surface area contributed by atoms with Crippen molar-refractivity contribution in [2.45, 2.75) is 4.90 Å². The third kappa shape index (κ3) is 3.53. The molecular formula is C14H12ClNO4S. The number of halogens is 1. The van der Waals surface area contributed by atoms with Crippen LogP contribution in [0.5, 0.6) is 5.75 Å². The highest BCUT2D eigenvalue weighted by molar-refractivity contribution is 7.90. The molecule has 0 bridgehead atoms. The minimum atomic E-state index is -3.94. The van der Waals surface area contributed by atoms with Gasteiger partial charge in [-0.25, -0.2) is 13.1 Å². The van der Waals surface area contributed by atoms with Gasteiger partial charge in [0.25, 0.3) is 15.9 Å². The van der Waals surface area contributed by atoms with E-state index in [0.717, 1.165) is 0 Å². The van der Waals surface area contributed by atoms with Gasteiger partial charge in [-0.15, -0.1) is 0 Å². The van der Waals surface area contributed by atoms with Crippen LogP contribution < -0.4 is 9.46 Å². The Morgan fingerprint density at radius 3 is 2.43 bits per heavy atom. The van der Waals surface area contributed by atoms with Crippen molar-refractivity contribution in [2.24, 2.45) is 0 Å². The van der Waals surface area contributed by atoms with Crippen LogP contribution >= 0.6 is 11.6 Å². The molecule has 0 aliphatic rings. The van der Waals surface area contributed by atoms with Crippen molar-refractivity contribution in [1.29, 1.82) is 0 Å². The summed E-state index contributed by atoms with van der Waals surface area (Å²) in [5, 5.41) is 0.304. The second kappa shape index (κ2) is 6.15. The Balaban J connectivity index is 2.32. The minimum Gasteiger partial charge on any atom is -0.496 e. The lowest BCUT2D eigenvalue weighted by Crippen LogP contribution is -2.30. The van der Waals surface area contributed by atoms with E-state index in [1.165, 1.54) is 31.4 Å². The van der Waals surface area contributed by atoms with Gasteiger partial charge in [0.15, 0.2) is 0 Å². The molecule has 0 fully saturated rings. The molecule has 1 amide bonds. The molecule has 0 atom stereocenters. The zero-order chi connectivity index (χ0) is 15.5. The molecule has 0 aliphatic heterocycles. The van der Waals surface area contributed by atoms with Crippen molar-refractivity contribution in [2.75, 3.05) is 7.11 Å². The van der Waals surface area contributed by atoms with Gasteiger partial charge in [-0.1, -0.05) is 29.8 Å². The highest BCUT2D eigenvalue weighted by atomic mass is 35.5. The highest BCUT2D eigenvalue weighted by Crippen LogP contribution is 2.23. The molecule has 0 aliphatic carbocycles. The first kappa shape index (κ1) is 15.3. The number of hydrogen-bond acceptors (Lipinski definition) is 4. The summed E-state index contributed by atoms with van der Waals surface area (Å²) in [6.45, 7) is 0. The summed E-state index contributed by atoms with van der Waals surface area (Å²) in [6, 6.07) is 12.0. The molecule has 2 aromatic carbocycles. The quantitative estimate of drug-likeness (QED) is 0.937. The lowest BCUT2D eigenvalue weighted by atomic mass is 10.2. The average molecular weight is 326 g/mol. The standard InChI is InChI=1S/C14H12ClNO4S/c1-20-13-8-7-10(15)9-12(13)14(17)16-21(18,19)11-5-3-2-4-6-11/h2-9H,1H3,(H,16,17). The van der Waals surface area contributed by atoms with Gasteiger partial charge in [0.1, 0.15) is 5.75 Å². The number of benzene rings is 2. The maximum absolute atomic E-state index is 12.1. The first-order chi connectivity index (χ1) is 9.94. The summed E-state index contributed by atoms with van der Waals surface area (Å²) in [7, 11) is -2.56. The van der Waals surface area contributed by atoms with Crippen LogP contribution in [0.3, 0.4) is 0 Å². The fraction of sp³-hybridized carbons (Fsp3) is 0.0714. The molecule has 21 heavy (non-hydrogen) atoms. The fourth-order valence-corrected chi connectivity index (χ4v) is 2.85. The Labute approximate surface area is 127 Å². The van der Waals surface area contributed by atoms with Crippen molar-refractivity contribution in [1.82, 2.24) is 4.72 Å². The van der Waals surface area contributed by atoms with Crippen LogP contribution in [0.2, 0.25) is 5.02 Å². The molecule has 0 aromatic heterocycles. The number of rotatable bonds is 4. The number of nitrogens with one attached hydrogen (secondary N) is 1. The molecule has 0 radical (unpaired) electrons. The van der Waals surface area contributed by atoms with Gasteiger partial charge in [0.05, 0.1) is 17.6 Å². The molecule has 110 valence electrons. The molecule has 0 spiro atoms. The number of carbonyl (C=O) groups excluding carboxylic acids is 1. The van der Waals surface area contributed by atoms with Crippen molar-refractivity contribution >= 4 is 27.5 Å². The van der Waals surface area contributed by atoms with E-state index in [0.29, 0.717) is 5.02 Å². The number of sulfonamides is 1. The van der Waals surface area contributed by atoms with Crippen LogP contribution in [0.25, 0.3) is 0 Å². The first-order valence-electron chi connectivity index (χ1n) is 5.90. The lowest BCUT2D eigenvalue weighted by Gasteiger charge is -2.10. The van der Waals surface area contributed by atoms with Crippen LogP contribution in [0.4, 0.5) is 0 Å². The van der Waals surface area contributed by atoms with Crippen molar-refractivity contribution < 1.29 is 17.9 Å². The van der Waals surface area contributed by atoms with Gasteiger partial charge in [0.2, 0.25) is 0 Å². The van der Waals surface area contributed by atoms with Gasteiger partial charge in [-0.3, -0.25) is 4.79 Å². The highest BCUT2D eigenvalue weighted by Gasteiger charge is 2.21. The summed E-state index contributed by atoms with van der Waals surface area (Å²) >= 11 is 5.82. The number of hydrogen-bond donors (Lipinski definition) is 1. The van der Waals surface area contributed by atoms with Crippen LogP contribution in [-0.4, -0.2) is 21.4 Å². The van der Waals surface area contributed by atoms with E-state index in [9.17, 15) is 13.2 Å². The average Bonchev–Trinajstić information content (AvgIpc) is 2.47. The SMILES string of the molecule is COc1ccc(Cl)cc1C(=O)NS(=O)(=O)c1ccccc1. The lowest BCUT2D eigenvalue weighted by molar-refractivity contribution is 0.0978. The van der Waals surface area contributed by atoms with Crippen LogP contribution in [0, 0.1) is 0 Å². The van der Waals surface area contributed by atoms with Crippen LogP contribution in [0.1, 0.15) is 10.4 Å². The van der Waals surface area contributed by atoms with E-state index in [1.807, 2.05) is 4.72 Å². The maximum Gasteiger partial charge on any atom is 0.268 e. The summed E-state index contributed by atoms with van der Waals surface area (Å²) in [6.07, 6.45) is 0. The van der Waals surface area contributed by atoms with E-state index in [4.69, 9.17) is 16.3 Å². The van der Waals surface area contributed by atoms with Crippen molar-refractivity contribution in [3.05, 3.63) is 59.1 Å². The number of ether oxygens (including phenoxy) is 1. The zero-order valence-corrected chi connectivity index (χ0v) is 12.6. The van der Waals surface area contributed by atoms with Crippen LogP contribution in [0.15, 0.2) is 53.4 Å². The van der Waals surface area contributed by atoms with E-state index < -0.39 is 15.9 Å². The Kier molecular flexibility index (Phi) is 4.50. The second-order valence-electron chi connectivity index (χ2n) is 4.09. The van der Waals surface area contributed by atoms with E-state index in [2.05, 4.69) is 0 Å². The van der Waals surface area contributed by atoms with Crippen molar-refractivity contribution in [3.8, 4) is 5.75 Å². The van der Waals surface area contributed by atoms with E-state index in [-0.39, 0.29) is 16.2 Å². The van der Waals surface area contributed by atoms with Crippen molar-refractivity contribution in [3.63, 3.8) is 0 Å². The maximum atomic E-state index is 12.1. The van der Waals surface area contributed by atoms with Gasteiger partial charge in [0, 0.05) is 5.02 Å². The predicted molar refractivity (Wildman–Crippen MR) is 79.1 cm³/mol. The Bertz CT molecular complexity index is 760. The first-order valence-corrected chi connectivity index (χ1v) is 7.76. The normalized spacial score (nSPS) is 11.0. The van der Waals surface area contributed by atoms with Gasteiger partial charge < -0.3 is 4.74 Å². The van der Waals surface area contributed by atoms with E-state index >= 15 is 0 Å². The monoisotopic (exact) mass is 325 g/mol. The topological polar surface area (TPSA) is 72.5 Å². The summed E-state index contributed by atoms with van der Waals surface area (Å²) in [5.74, 6) is -0.571. The molecular weight excluding hydrogens is 314 g/mol. The molecule has 2 rings (SSSR count). The van der Waals surface area contributed by atoms with Crippen LogP contribution in [-0.2, 0) is 10.0 Å². The third-order valence-electron chi connectivity index (χ3n) is 2.69. The minimum absolute atomic E-state index is 0.000607. The van der Waals surface area contributed by atoms with Gasteiger partial charge in [-0.2, -0.15) is 0 Å². The zero-order valence-electron chi connectivity index (χ0n) is 11.0. The Hall–Kier alpha value is -2.05. The molecule has 0 saturated carbocycles. The molecule has 2 aromatic rings. The fourth-order valence-electron chi connectivity index (χ4n) is 1.69. The summed E-state index contributed by atoms with van der Waals surface area (Å²) in [4.78, 5) is 12.1. The molecule has 5 nitrogen and oxygen atoms in total. The molecule has 0 saturated heterocycles. The third-order valence-corrected chi connectivity index (χ3v) is 4.27. The summed E-state index contributed by atoms with van der Waals surface area (Å²) < 4.78 is 31.2. The van der Waals surface area contributed by atoms with Gasteiger partial charge in [-0.05, 0) is 30.3 Å². The largest absolute Gasteiger partial charge is 0.496 e. The Morgan fingerprint density at radius 1 is 1.14 bits per heavy atom. The molecule has 1 N–H and O–H groups in total. The second-order valence-corrected chi connectivity index (χ2v) is 6.21. The number of carbonyl (C=O) groups is 1. The summed E-state index contributed by atoms with van der Waals surface area (Å²) in [5.41, 5.74) is 0.0458. The molecule has 0 heterocycles. The number of methoxy groups -OCH3 is 1. The number of amides is 1. The van der Waals surface area contributed by atoms with E-state index in [1.54, 1.807) is 24.3 Å².